The molecule has 2 bridgehead atoms. The van der Waals surface area contributed by atoms with Gasteiger partial charge in [0.2, 0.25) is 76.8 Å². The Hall–Kier alpha value is -7.01. The molecule has 7 fully saturated rings. The van der Waals surface area contributed by atoms with Crippen LogP contribution >= 0.6 is 0 Å². The minimum atomic E-state index is -4.54. The van der Waals surface area contributed by atoms with Crippen LogP contribution in [0.2, 0.25) is 0 Å². The van der Waals surface area contributed by atoms with Crippen LogP contribution < -0.4 is 10.6 Å². The number of hydrogen-bond acceptors (Lipinski definition) is 13. The first-order chi connectivity index (χ1) is 49.9. The molecule has 0 radical (unpaired) electrons. The molecule has 1 spiro atoms. The van der Waals surface area contributed by atoms with E-state index in [0.29, 0.717) is 44.9 Å². The van der Waals surface area contributed by atoms with Gasteiger partial charge in [-0.25, -0.2) is 8.78 Å². The number of carbonyl (C=O) groups is 12. The van der Waals surface area contributed by atoms with Gasteiger partial charge in [-0.15, -0.1) is 0 Å². The summed E-state index contributed by atoms with van der Waals surface area (Å²) in [6.45, 7) is 5.98. The number of alkyl halides is 5. The van der Waals surface area contributed by atoms with Crippen molar-refractivity contribution in [3.63, 3.8) is 0 Å². The summed E-state index contributed by atoms with van der Waals surface area (Å²) < 4.78 is 78.0. The summed E-state index contributed by atoms with van der Waals surface area (Å²) in [6, 6.07) is -10.7. The summed E-state index contributed by atoms with van der Waals surface area (Å²) in [7, 11) is 12.7. The Bertz CT molecular complexity index is 3210. The molecule has 3 aliphatic heterocycles. The van der Waals surface area contributed by atoms with Crippen molar-refractivity contribution in [2.45, 2.75) is 273 Å². The lowest BCUT2D eigenvalue weighted by Gasteiger charge is -2.51. The van der Waals surface area contributed by atoms with Crippen LogP contribution in [0.15, 0.2) is 12.2 Å². The number of fused-ring (bicyclic) bond motifs is 3. The van der Waals surface area contributed by atoms with Crippen LogP contribution in [0.25, 0.3) is 0 Å². The molecule has 0 aromatic heterocycles. The average molecular weight is 1500 g/mol. The summed E-state index contributed by atoms with van der Waals surface area (Å²) in [5.74, 6) is -14.8. The van der Waals surface area contributed by atoms with E-state index >= 15 is 33.6 Å². The van der Waals surface area contributed by atoms with Gasteiger partial charge >= 0.3 is 6.18 Å². The zero-order valence-corrected chi connectivity index (χ0v) is 64.8. The third-order valence-corrected chi connectivity index (χ3v) is 24.9. The van der Waals surface area contributed by atoms with Gasteiger partial charge in [0.05, 0.1) is 25.0 Å². The quantitative estimate of drug-likeness (QED) is 0.150. The van der Waals surface area contributed by atoms with E-state index in [0.717, 1.165) is 17.7 Å². The largest absolute Gasteiger partial charge is 0.394 e. The highest BCUT2D eigenvalue weighted by Gasteiger charge is 2.57. The monoisotopic (exact) mass is 1500 g/mol. The van der Waals surface area contributed by atoms with Crippen molar-refractivity contribution >= 4 is 70.9 Å². The van der Waals surface area contributed by atoms with Gasteiger partial charge in [-0.05, 0) is 152 Å². The number of carbonyl (C=O) groups excluding carboxylic acids is 12. The Labute approximate surface area is 622 Å². The SMILES string of the molecule is CCC[C@H]1C(=O)N[C@@H]([C@@H](C)CC)C(=O)N(C2CC2)CC(=O)N(C)[C@H]2C/C=C\CCN(C2=O)[C@@H](CC2CCC(F)(F)CC2)C(=O)N(C)CC(=O)N[C@@H](CCC2CCC(C(F)(F)F)C(OC)C2)C(=O)N2C[C@@H](C)C[C@H]2C(=O)N(C)C2(CCC2)C(=O)N(C)[C@@H](C2CCCC2)C(=O)N(C)[C@H](C(=O)N(C)C)CC(=O)N1C. The number of nitrogens with one attached hydrogen (secondary N) is 2. The number of amides is 12. The number of likely N-dealkylation sites (N-methyl/N-ethyl adjacent to an activating group) is 7. The second-order valence-electron chi connectivity index (χ2n) is 32.4. The Kier molecular flexibility index (Phi) is 28.7. The molecule has 5 aliphatic carbocycles. The van der Waals surface area contributed by atoms with Crippen LogP contribution in [0.5, 0.6) is 0 Å². The number of ether oxygens (including phenoxy) is 1. The highest BCUT2D eigenvalue weighted by Crippen LogP contribution is 2.45. The van der Waals surface area contributed by atoms with Gasteiger partial charge in [-0.2, -0.15) is 13.2 Å². The summed E-state index contributed by atoms with van der Waals surface area (Å²) in [5.41, 5.74) is -1.53. The topological polar surface area (TPSA) is 271 Å². The van der Waals surface area contributed by atoms with Crippen LogP contribution in [0.3, 0.4) is 0 Å². The lowest BCUT2D eigenvalue weighted by atomic mass is 9.73. The molecule has 2 saturated heterocycles. The summed E-state index contributed by atoms with van der Waals surface area (Å²) in [4.78, 5) is 195. The van der Waals surface area contributed by atoms with Gasteiger partial charge in [0, 0.05) is 95.5 Å². The Morgan fingerprint density at radius 1 is 0.660 bits per heavy atom. The van der Waals surface area contributed by atoms with E-state index in [1.165, 1.54) is 108 Å². The maximum absolute atomic E-state index is 15.7. The Morgan fingerprint density at radius 3 is 1.91 bits per heavy atom. The van der Waals surface area contributed by atoms with Crippen molar-refractivity contribution in [3.8, 4) is 0 Å². The number of methoxy groups -OCH3 is 1. The highest BCUT2D eigenvalue weighted by atomic mass is 19.4. The molecule has 8 rings (SSSR count). The maximum atomic E-state index is 15.7. The van der Waals surface area contributed by atoms with Gasteiger partial charge in [-0.1, -0.05) is 65.5 Å². The van der Waals surface area contributed by atoms with Crippen molar-refractivity contribution in [2.24, 2.45) is 35.5 Å². The second kappa shape index (κ2) is 36.0. The fourth-order valence-corrected chi connectivity index (χ4v) is 17.6. The second-order valence-corrected chi connectivity index (χ2v) is 32.4. The van der Waals surface area contributed by atoms with Crippen molar-refractivity contribution in [3.05, 3.63) is 12.2 Å². The van der Waals surface area contributed by atoms with Gasteiger partial charge in [-0.3, -0.25) is 57.5 Å². The van der Waals surface area contributed by atoms with Crippen LogP contribution in [-0.4, -0.2) is 288 Å². The van der Waals surface area contributed by atoms with E-state index in [-0.39, 0.29) is 109 Å². The number of hydrogen-bond donors (Lipinski definition) is 2. The molecule has 13 atom stereocenters. The molecule has 30 heteroatoms. The molecule has 0 aromatic rings. The fraction of sp³-hybridized carbons (Fsp3) is 0.816. The predicted molar refractivity (Wildman–Crippen MR) is 383 cm³/mol. The molecule has 8 aliphatic rings. The van der Waals surface area contributed by atoms with Gasteiger partial charge in [0.15, 0.2) is 0 Å². The smallest absolute Gasteiger partial charge is 0.381 e. The number of nitrogens with zero attached hydrogens (tertiary/aromatic N) is 10. The predicted octanol–water partition coefficient (Wildman–Crippen LogP) is 6.40. The fourth-order valence-electron chi connectivity index (χ4n) is 17.6. The standard InChI is InChI=1S/C76H119F5N12O13/c1-14-22-54-65(97)83-63(47(4)15-2)71(103)92(51-28-29-51)45-62(96)87(9)55-25-17-16-20-38-91(70(55)102)58(40-49-32-36-75(77,78)37-33-49)68(100)85(7)44-60(94)82-53(31-27-48-26-30-52(76(79,80)81)59(41-48)106-13)66(98)93-43-46(3)39-57(93)69(101)90(12)74(34-21-35-74)73(105)89(11)64(50-23-18-19-24-50)72(104)88(10)56(67(99)84(5)6)42-61(95)86(54)8/h16-17,46-59,63-64H,14-15,18-45H2,1-13H3,(H,82,94)(H,83,97)/b17-16-/t46-,47-,48?,52?,53-,54-,55-,56-,57-,58-,59?,63-,64-/m0/s1. The first-order valence-electron chi connectivity index (χ1n) is 38.8. The van der Waals surface area contributed by atoms with E-state index in [2.05, 4.69) is 10.6 Å². The lowest BCUT2D eigenvalue weighted by molar-refractivity contribution is -0.215. The molecule has 12 amide bonds. The molecule has 25 nitrogen and oxygen atoms in total. The molecular formula is C76H119F5N12O13. The van der Waals surface area contributed by atoms with Crippen LogP contribution in [0.4, 0.5) is 22.0 Å². The van der Waals surface area contributed by atoms with E-state index in [1.54, 1.807) is 19.1 Å². The molecule has 596 valence electrons. The summed E-state index contributed by atoms with van der Waals surface area (Å²) >= 11 is 0. The molecule has 0 aromatic carbocycles. The van der Waals surface area contributed by atoms with Crippen molar-refractivity contribution in [2.75, 3.05) is 89.7 Å². The van der Waals surface area contributed by atoms with E-state index in [1.807, 2.05) is 20.8 Å². The lowest BCUT2D eigenvalue weighted by Crippen LogP contribution is -2.68. The molecule has 106 heavy (non-hydrogen) atoms. The van der Waals surface area contributed by atoms with Crippen molar-refractivity contribution in [1.82, 2.24) is 59.6 Å². The zero-order chi connectivity index (χ0) is 78.2. The minimum absolute atomic E-state index is 0.00678. The van der Waals surface area contributed by atoms with E-state index in [4.69, 9.17) is 4.74 Å². The van der Waals surface area contributed by atoms with Crippen LogP contribution in [-0.2, 0) is 62.3 Å². The van der Waals surface area contributed by atoms with Crippen molar-refractivity contribution < 1.29 is 84.2 Å². The van der Waals surface area contributed by atoms with E-state index < -0.39 is 211 Å². The van der Waals surface area contributed by atoms with Crippen LogP contribution in [0, 0.1) is 35.5 Å². The van der Waals surface area contributed by atoms with Gasteiger partial charge < -0.3 is 64.4 Å². The maximum Gasteiger partial charge on any atom is 0.394 e. The molecule has 3 heterocycles. The molecule has 2 N–H and O–H groups in total. The minimum Gasteiger partial charge on any atom is -0.381 e. The third kappa shape index (κ3) is 19.5. The molecular weight excluding hydrogens is 1380 g/mol. The first kappa shape index (κ1) is 84.6. The summed E-state index contributed by atoms with van der Waals surface area (Å²) in [5, 5.41) is 5.78. The number of rotatable bonds is 13. The molecule has 3 unspecified atom stereocenters. The Morgan fingerprint density at radius 2 is 1.32 bits per heavy atom. The van der Waals surface area contributed by atoms with Crippen molar-refractivity contribution in [1.29, 1.82) is 0 Å². The van der Waals surface area contributed by atoms with Gasteiger partial charge in [0.25, 0.3) is 0 Å². The zero-order valence-electron chi connectivity index (χ0n) is 64.8. The highest BCUT2D eigenvalue weighted by molar-refractivity contribution is 6.01. The first-order valence-corrected chi connectivity index (χ1v) is 38.8. The normalized spacial score (nSPS) is 31.5. The average Bonchev–Trinajstić information content (AvgIpc) is 1.18. The van der Waals surface area contributed by atoms with Crippen LogP contribution in [0.1, 0.15) is 195 Å². The molecule has 5 saturated carbocycles. The summed E-state index contributed by atoms with van der Waals surface area (Å²) in [6.07, 6.45) is 1.75. The third-order valence-electron chi connectivity index (χ3n) is 24.9. The van der Waals surface area contributed by atoms with Gasteiger partial charge in [0.1, 0.15) is 60.4 Å². The van der Waals surface area contributed by atoms with E-state index in [9.17, 15) is 45.9 Å². The number of halogens is 5. The Balaban J connectivity index is 1.20.